The summed E-state index contributed by atoms with van der Waals surface area (Å²) in [5, 5.41) is 0. The molecule has 0 bridgehead atoms. The third kappa shape index (κ3) is 3.03. The lowest BCUT2D eigenvalue weighted by molar-refractivity contribution is 0.595. The van der Waals surface area contributed by atoms with E-state index in [1.807, 2.05) is 24.3 Å². The van der Waals surface area contributed by atoms with Gasteiger partial charge in [0, 0.05) is 6.54 Å². The first kappa shape index (κ1) is 12.9. The summed E-state index contributed by atoms with van der Waals surface area (Å²) in [6.07, 6.45) is 0. The molecule has 94 valence electrons. The lowest BCUT2D eigenvalue weighted by atomic mass is 10.1. The highest BCUT2D eigenvalue weighted by Crippen LogP contribution is 2.16. The van der Waals surface area contributed by atoms with Gasteiger partial charge in [0.1, 0.15) is 5.82 Å². The van der Waals surface area contributed by atoms with E-state index in [1.165, 1.54) is 6.07 Å². The molecule has 0 radical (unpaired) electrons. The minimum Gasteiger partial charge on any atom is -0.326 e. The van der Waals surface area contributed by atoms with E-state index in [1.54, 1.807) is 18.2 Å². The van der Waals surface area contributed by atoms with E-state index < -0.39 is 16.6 Å². The molecule has 0 amide bonds. The summed E-state index contributed by atoms with van der Waals surface area (Å²) in [5.41, 5.74) is 7.44. The maximum Gasteiger partial charge on any atom is 0.139 e. The second-order valence-corrected chi connectivity index (χ2v) is 5.36. The molecule has 0 saturated carbocycles. The van der Waals surface area contributed by atoms with Crippen molar-refractivity contribution in [2.45, 2.75) is 17.2 Å². The minimum absolute atomic E-state index is 0.246. The van der Waals surface area contributed by atoms with E-state index in [9.17, 15) is 8.60 Å². The molecule has 2 aromatic carbocycles. The summed E-state index contributed by atoms with van der Waals surface area (Å²) in [7, 11) is -1.37. The molecular formula is C14H14FNOS. The van der Waals surface area contributed by atoms with Crippen molar-refractivity contribution >= 4 is 10.8 Å². The predicted octanol–water partition coefficient (Wildman–Crippen LogP) is 2.59. The second kappa shape index (κ2) is 5.89. The standard InChI is InChI=1S/C14H14FNOS/c15-13-6-1-2-7-14(13)18(17)10-12-5-3-4-11(8-12)9-16/h1-8H,9-10,16H2. The van der Waals surface area contributed by atoms with Crippen LogP contribution in [0, 0.1) is 5.82 Å². The summed E-state index contributed by atoms with van der Waals surface area (Å²) in [4.78, 5) is 0.246. The quantitative estimate of drug-likeness (QED) is 0.921. The topological polar surface area (TPSA) is 43.1 Å². The van der Waals surface area contributed by atoms with Gasteiger partial charge in [-0.15, -0.1) is 0 Å². The molecule has 0 spiro atoms. The molecule has 0 aromatic heterocycles. The second-order valence-electron chi connectivity index (χ2n) is 3.94. The van der Waals surface area contributed by atoms with Crippen molar-refractivity contribution in [3.63, 3.8) is 0 Å². The first-order valence-electron chi connectivity index (χ1n) is 5.61. The van der Waals surface area contributed by atoms with Crippen molar-refractivity contribution in [3.8, 4) is 0 Å². The predicted molar refractivity (Wildman–Crippen MR) is 70.8 cm³/mol. The molecule has 0 fully saturated rings. The molecule has 0 saturated heterocycles. The van der Waals surface area contributed by atoms with Crippen LogP contribution in [0.2, 0.25) is 0 Å². The number of rotatable bonds is 4. The highest BCUT2D eigenvalue weighted by Gasteiger charge is 2.10. The summed E-state index contributed by atoms with van der Waals surface area (Å²) in [6, 6.07) is 13.7. The van der Waals surface area contributed by atoms with Crippen LogP contribution in [0.15, 0.2) is 53.4 Å². The third-order valence-electron chi connectivity index (χ3n) is 2.61. The van der Waals surface area contributed by atoms with Crippen LogP contribution in [-0.4, -0.2) is 4.21 Å². The number of hydrogen-bond acceptors (Lipinski definition) is 2. The number of halogens is 1. The van der Waals surface area contributed by atoms with Gasteiger partial charge in [-0.25, -0.2) is 4.39 Å². The Labute approximate surface area is 108 Å². The Morgan fingerprint density at radius 2 is 1.78 bits per heavy atom. The third-order valence-corrected chi connectivity index (χ3v) is 4.02. The van der Waals surface area contributed by atoms with Gasteiger partial charge in [0.05, 0.1) is 21.4 Å². The van der Waals surface area contributed by atoms with Crippen molar-refractivity contribution in [3.05, 3.63) is 65.5 Å². The van der Waals surface area contributed by atoms with Crippen molar-refractivity contribution in [2.24, 2.45) is 5.73 Å². The molecule has 0 heterocycles. The van der Waals surface area contributed by atoms with Crippen LogP contribution in [0.3, 0.4) is 0 Å². The first-order valence-corrected chi connectivity index (χ1v) is 6.93. The Bertz CT molecular complexity index is 571. The van der Waals surface area contributed by atoms with Crippen LogP contribution >= 0.6 is 0 Å². The van der Waals surface area contributed by atoms with Gasteiger partial charge < -0.3 is 5.73 Å². The maximum atomic E-state index is 13.5. The summed E-state index contributed by atoms with van der Waals surface area (Å²) >= 11 is 0. The molecule has 0 aliphatic rings. The largest absolute Gasteiger partial charge is 0.326 e. The van der Waals surface area contributed by atoms with Crippen molar-refractivity contribution < 1.29 is 8.60 Å². The Hall–Kier alpha value is -1.52. The molecule has 2 N–H and O–H groups in total. The SMILES string of the molecule is NCc1cccc(CS(=O)c2ccccc2F)c1. The monoisotopic (exact) mass is 263 g/mol. The molecule has 18 heavy (non-hydrogen) atoms. The van der Waals surface area contributed by atoms with Crippen LogP contribution in [-0.2, 0) is 23.1 Å². The van der Waals surface area contributed by atoms with E-state index in [4.69, 9.17) is 5.73 Å². The molecular weight excluding hydrogens is 249 g/mol. The van der Waals surface area contributed by atoms with Crippen molar-refractivity contribution in [1.29, 1.82) is 0 Å². The molecule has 2 nitrogen and oxygen atoms in total. The van der Waals surface area contributed by atoms with Gasteiger partial charge in [-0.2, -0.15) is 0 Å². The number of hydrogen-bond donors (Lipinski definition) is 1. The molecule has 2 rings (SSSR count). The van der Waals surface area contributed by atoms with Gasteiger partial charge in [-0.1, -0.05) is 36.4 Å². The van der Waals surface area contributed by atoms with Gasteiger partial charge in [0.25, 0.3) is 0 Å². The fourth-order valence-corrected chi connectivity index (χ4v) is 2.86. The Morgan fingerprint density at radius 3 is 2.50 bits per heavy atom. The van der Waals surface area contributed by atoms with Gasteiger partial charge in [-0.05, 0) is 23.3 Å². The van der Waals surface area contributed by atoms with Gasteiger partial charge >= 0.3 is 0 Å². The summed E-state index contributed by atoms with van der Waals surface area (Å²) in [6.45, 7) is 0.445. The first-order chi connectivity index (χ1) is 8.70. The molecule has 2 aromatic rings. The zero-order valence-electron chi connectivity index (χ0n) is 9.80. The summed E-state index contributed by atoms with van der Waals surface area (Å²) in [5.74, 6) is -0.125. The Kier molecular flexibility index (Phi) is 4.23. The van der Waals surface area contributed by atoms with E-state index in [2.05, 4.69) is 0 Å². The molecule has 4 heteroatoms. The normalized spacial score (nSPS) is 12.3. The van der Waals surface area contributed by atoms with E-state index in [0.717, 1.165) is 11.1 Å². The van der Waals surface area contributed by atoms with Crippen LogP contribution < -0.4 is 5.73 Å². The van der Waals surface area contributed by atoms with E-state index in [-0.39, 0.29) is 4.90 Å². The van der Waals surface area contributed by atoms with E-state index in [0.29, 0.717) is 12.3 Å². The van der Waals surface area contributed by atoms with Gasteiger partial charge in [-0.3, -0.25) is 4.21 Å². The zero-order valence-corrected chi connectivity index (χ0v) is 10.6. The highest BCUT2D eigenvalue weighted by atomic mass is 32.2. The van der Waals surface area contributed by atoms with E-state index >= 15 is 0 Å². The lowest BCUT2D eigenvalue weighted by Crippen LogP contribution is -2.01. The number of benzene rings is 2. The lowest BCUT2D eigenvalue weighted by Gasteiger charge is -2.05. The smallest absolute Gasteiger partial charge is 0.139 e. The summed E-state index contributed by atoms with van der Waals surface area (Å²) < 4.78 is 25.5. The number of nitrogens with two attached hydrogens (primary N) is 1. The Morgan fingerprint density at radius 1 is 1.06 bits per heavy atom. The minimum atomic E-state index is -1.37. The zero-order chi connectivity index (χ0) is 13.0. The fourth-order valence-electron chi connectivity index (χ4n) is 1.70. The molecule has 1 unspecified atom stereocenters. The van der Waals surface area contributed by atoms with Crippen LogP contribution in [0.25, 0.3) is 0 Å². The molecule has 1 atom stereocenters. The average molecular weight is 263 g/mol. The van der Waals surface area contributed by atoms with Crippen molar-refractivity contribution in [2.75, 3.05) is 0 Å². The Balaban J connectivity index is 2.19. The van der Waals surface area contributed by atoms with Crippen LogP contribution in [0.4, 0.5) is 4.39 Å². The van der Waals surface area contributed by atoms with Gasteiger partial charge in [0.2, 0.25) is 0 Å². The van der Waals surface area contributed by atoms with Crippen LogP contribution in [0.1, 0.15) is 11.1 Å². The van der Waals surface area contributed by atoms with Crippen LogP contribution in [0.5, 0.6) is 0 Å². The molecule has 0 aliphatic heterocycles. The highest BCUT2D eigenvalue weighted by molar-refractivity contribution is 7.84. The average Bonchev–Trinajstić information content (AvgIpc) is 2.39. The van der Waals surface area contributed by atoms with Gasteiger partial charge in [0.15, 0.2) is 0 Å². The molecule has 0 aliphatic carbocycles. The maximum absolute atomic E-state index is 13.5. The van der Waals surface area contributed by atoms with Crippen molar-refractivity contribution in [1.82, 2.24) is 0 Å². The fraction of sp³-hybridized carbons (Fsp3) is 0.143.